The first-order valence-electron chi connectivity index (χ1n) is 8.43. The summed E-state index contributed by atoms with van der Waals surface area (Å²) in [7, 11) is -4.31. The number of allylic oxidation sites excluding steroid dienone is 1. The lowest BCUT2D eigenvalue weighted by atomic mass is 9.89. The SMILES string of the molecule is CC(C)(C/C=C\COC(=N)C(Cl)(Cl)Cl)CNS(=O)(=O)c1ccc([N+](=O)[O-])cc1[N+](=O)[O-]. The summed E-state index contributed by atoms with van der Waals surface area (Å²) >= 11 is 16.4. The van der Waals surface area contributed by atoms with Gasteiger partial charge in [0.05, 0.1) is 15.9 Å². The maximum Gasteiger partial charge on any atom is 0.296 e. The van der Waals surface area contributed by atoms with Crippen molar-refractivity contribution in [2.45, 2.75) is 29.0 Å². The highest BCUT2D eigenvalue weighted by Crippen LogP contribution is 2.29. The van der Waals surface area contributed by atoms with Crippen LogP contribution in [0.4, 0.5) is 11.4 Å². The van der Waals surface area contributed by atoms with Crippen LogP contribution < -0.4 is 4.72 Å². The lowest BCUT2D eigenvalue weighted by molar-refractivity contribution is -0.396. The van der Waals surface area contributed by atoms with Gasteiger partial charge in [-0.25, -0.2) is 13.1 Å². The summed E-state index contributed by atoms with van der Waals surface area (Å²) in [5, 5.41) is 29.4. The zero-order valence-corrected chi connectivity index (χ0v) is 19.4. The van der Waals surface area contributed by atoms with Crippen LogP contribution in [-0.4, -0.2) is 41.1 Å². The number of rotatable bonds is 10. The van der Waals surface area contributed by atoms with E-state index in [1.54, 1.807) is 26.0 Å². The lowest BCUT2D eigenvalue weighted by Gasteiger charge is -2.23. The smallest absolute Gasteiger partial charge is 0.296 e. The van der Waals surface area contributed by atoms with Crippen molar-refractivity contribution in [2.24, 2.45) is 5.41 Å². The standard InChI is InChI=1S/C16H19Cl3N4O7S/c1-15(2,7-3-4-8-30-14(20)16(17,18)19)10-21-31(28,29)13-6-5-11(22(24)25)9-12(13)23(26)27/h3-6,9,20-21H,7-8,10H2,1-2H3/b4-3-,20-14?. The molecule has 0 saturated heterocycles. The van der Waals surface area contributed by atoms with Crippen molar-refractivity contribution in [3.8, 4) is 0 Å². The third kappa shape index (κ3) is 8.57. The second kappa shape index (κ2) is 10.6. The molecule has 1 rings (SSSR count). The maximum absolute atomic E-state index is 12.5. The van der Waals surface area contributed by atoms with Crippen molar-refractivity contribution < 1.29 is 23.0 Å². The number of nitrogens with zero attached hydrogens (tertiary/aromatic N) is 2. The number of nitro groups is 2. The number of nitro benzene ring substituents is 2. The molecule has 31 heavy (non-hydrogen) atoms. The van der Waals surface area contributed by atoms with E-state index in [9.17, 15) is 28.6 Å². The Kier molecular flexibility index (Phi) is 9.20. The molecule has 0 atom stereocenters. The number of hydrogen-bond acceptors (Lipinski definition) is 8. The average molecular weight is 518 g/mol. The van der Waals surface area contributed by atoms with Gasteiger partial charge in [0.2, 0.25) is 15.9 Å². The van der Waals surface area contributed by atoms with Crippen LogP contribution in [0.15, 0.2) is 35.2 Å². The number of alkyl halides is 3. The molecule has 0 aliphatic carbocycles. The summed E-state index contributed by atoms with van der Waals surface area (Å²) < 4.78 is 30.3. The molecular weight excluding hydrogens is 499 g/mol. The normalized spacial score (nSPS) is 12.7. The maximum atomic E-state index is 12.5. The Labute approximate surface area is 193 Å². The Morgan fingerprint density at radius 3 is 2.32 bits per heavy atom. The topological polar surface area (TPSA) is 166 Å². The highest BCUT2D eigenvalue weighted by Gasteiger charge is 2.30. The first kappa shape index (κ1) is 27.0. The fraction of sp³-hybridized carbons (Fsp3) is 0.438. The first-order valence-corrected chi connectivity index (χ1v) is 11.0. The van der Waals surface area contributed by atoms with Crippen molar-refractivity contribution in [3.05, 3.63) is 50.6 Å². The molecule has 2 N–H and O–H groups in total. The summed E-state index contributed by atoms with van der Waals surface area (Å²) in [6.07, 6.45) is 3.61. The van der Waals surface area contributed by atoms with Crippen LogP contribution in [0.25, 0.3) is 0 Å². The molecule has 11 nitrogen and oxygen atoms in total. The number of benzene rings is 1. The van der Waals surface area contributed by atoms with Gasteiger partial charge in [-0.1, -0.05) is 60.8 Å². The van der Waals surface area contributed by atoms with Crippen molar-refractivity contribution >= 4 is 62.1 Å². The van der Waals surface area contributed by atoms with E-state index in [2.05, 4.69) is 4.72 Å². The van der Waals surface area contributed by atoms with E-state index in [1.807, 2.05) is 0 Å². The lowest BCUT2D eigenvalue weighted by Crippen LogP contribution is -2.34. The van der Waals surface area contributed by atoms with Gasteiger partial charge in [0.1, 0.15) is 6.61 Å². The van der Waals surface area contributed by atoms with Crippen molar-refractivity contribution in [2.75, 3.05) is 13.2 Å². The van der Waals surface area contributed by atoms with E-state index in [0.29, 0.717) is 12.5 Å². The van der Waals surface area contributed by atoms with Gasteiger partial charge in [0.25, 0.3) is 15.2 Å². The van der Waals surface area contributed by atoms with Crippen LogP contribution in [0.5, 0.6) is 0 Å². The van der Waals surface area contributed by atoms with Gasteiger partial charge in [-0.2, -0.15) is 0 Å². The molecule has 0 amide bonds. The quantitative estimate of drug-likeness (QED) is 0.118. The zero-order chi connectivity index (χ0) is 24.0. The highest BCUT2D eigenvalue weighted by atomic mass is 35.6. The van der Waals surface area contributed by atoms with E-state index in [4.69, 9.17) is 44.9 Å². The van der Waals surface area contributed by atoms with Crippen LogP contribution in [0.2, 0.25) is 0 Å². The van der Waals surface area contributed by atoms with Gasteiger partial charge in [0, 0.05) is 12.6 Å². The molecule has 1 aromatic rings. The van der Waals surface area contributed by atoms with Crippen LogP contribution >= 0.6 is 34.8 Å². The Morgan fingerprint density at radius 1 is 1.19 bits per heavy atom. The first-order chi connectivity index (χ1) is 14.1. The van der Waals surface area contributed by atoms with Gasteiger partial charge in [-0.3, -0.25) is 25.6 Å². The van der Waals surface area contributed by atoms with Gasteiger partial charge < -0.3 is 4.74 Å². The van der Waals surface area contributed by atoms with Gasteiger partial charge in [0.15, 0.2) is 4.90 Å². The fourth-order valence-corrected chi connectivity index (χ4v) is 3.67. The van der Waals surface area contributed by atoms with E-state index < -0.39 is 51.2 Å². The van der Waals surface area contributed by atoms with Gasteiger partial charge in [-0.05, 0) is 17.9 Å². The van der Waals surface area contributed by atoms with Crippen molar-refractivity contribution in [1.29, 1.82) is 5.41 Å². The molecule has 0 heterocycles. The van der Waals surface area contributed by atoms with Crippen LogP contribution in [0.1, 0.15) is 20.3 Å². The molecule has 172 valence electrons. The van der Waals surface area contributed by atoms with Crippen LogP contribution in [0.3, 0.4) is 0 Å². The molecule has 0 aliphatic heterocycles. The molecule has 0 radical (unpaired) electrons. The van der Waals surface area contributed by atoms with E-state index in [-0.39, 0.29) is 13.2 Å². The number of sulfonamides is 1. The number of non-ortho nitro benzene ring substituents is 1. The van der Waals surface area contributed by atoms with Crippen LogP contribution in [-0.2, 0) is 14.8 Å². The minimum atomic E-state index is -4.31. The molecule has 0 unspecified atom stereocenters. The largest absolute Gasteiger partial charge is 0.474 e. The summed E-state index contributed by atoms with van der Waals surface area (Å²) in [6.45, 7) is 3.37. The molecule has 0 bridgehead atoms. The molecule has 0 aromatic heterocycles. The van der Waals surface area contributed by atoms with Crippen molar-refractivity contribution in [1.82, 2.24) is 4.72 Å². The number of hydrogen-bond donors (Lipinski definition) is 2. The average Bonchev–Trinajstić information content (AvgIpc) is 2.64. The Morgan fingerprint density at radius 2 is 1.81 bits per heavy atom. The second-order valence-electron chi connectivity index (χ2n) is 6.97. The molecule has 0 saturated carbocycles. The summed E-state index contributed by atoms with van der Waals surface area (Å²) in [5.74, 6) is -0.543. The minimum absolute atomic E-state index is 0.0382. The predicted octanol–water partition coefficient (Wildman–Crippen LogP) is 4.12. The van der Waals surface area contributed by atoms with E-state index in [1.165, 1.54) is 0 Å². The van der Waals surface area contributed by atoms with Crippen molar-refractivity contribution in [3.63, 3.8) is 0 Å². The third-order valence-electron chi connectivity index (χ3n) is 3.80. The molecule has 0 fully saturated rings. The summed E-state index contributed by atoms with van der Waals surface area (Å²) in [4.78, 5) is 19.5. The zero-order valence-electron chi connectivity index (χ0n) is 16.3. The second-order valence-corrected chi connectivity index (χ2v) is 11.0. The molecule has 0 aliphatic rings. The third-order valence-corrected chi connectivity index (χ3v) is 5.76. The predicted molar refractivity (Wildman–Crippen MR) is 116 cm³/mol. The Bertz CT molecular complexity index is 991. The van der Waals surface area contributed by atoms with E-state index >= 15 is 0 Å². The molecule has 1 aromatic carbocycles. The molecular formula is C16H19Cl3N4O7S. The molecule has 15 heteroatoms. The minimum Gasteiger partial charge on any atom is -0.474 e. The Hall–Kier alpha value is -1.99. The number of ether oxygens (including phenoxy) is 1. The highest BCUT2D eigenvalue weighted by molar-refractivity contribution is 7.89. The van der Waals surface area contributed by atoms with Crippen LogP contribution in [0, 0.1) is 31.1 Å². The number of halogens is 3. The Balaban J connectivity index is 2.80. The van der Waals surface area contributed by atoms with Gasteiger partial charge in [-0.15, -0.1) is 0 Å². The summed E-state index contributed by atoms with van der Waals surface area (Å²) in [6, 6.07) is 2.30. The van der Waals surface area contributed by atoms with E-state index in [0.717, 1.165) is 12.1 Å². The monoisotopic (exact) mass is 516 g/mol. The number of nitrogens with one attached hydrogen (secondary N) is 2. The summed E-state index contributed by atoms with van der Waals surface area (Å²) in [5.41, 5.74) is -2.10. The molecule has 0 spiro atoms. The fourth-order valence-electron chi connectivity index (χ4n) is 2.11. The van der Waals surface area contributed by atoms with Gasteiger partial charge >= 0.3 is 0 Å².